The fourth-order valence-corrected chi connectivity index (χ4v) is 3.60. The van der Waals surface area contributed by atoms with Crippen molar-refractivity contribution in [3.63, 3.8) is 0 Å². The molecule has 2 atom stereocenters. The Kier molecular flexibility index (Phi) is 5.15. The van der Waals surface area contributed by atoms with Crippen LogP contribution in [0.15, 0.2) is 18.2 Å². The third-order valence-electron chi connectivity index (χ3n) is 4.16. The van der Waals surface area contributed by atoms with E-state index in [1.165, 1.54) is 37.7 Å². The number of para-hydroxylation sites is 1. The highest BCUT2D eigenvalue weighted by atomic mass is 35.5. The molecule has 1 saturated carbocycles. The predicted molar refractivity (Wildman–Crippen MR) is 85.0 cm³/mol. The van der Waals surface area contributed by atoms with Crippen molar-refractivity contribution in [1.29, 1.82) is 0 Å². The smallest absolute Gasteiger partial charge is 0.0640 e. The normalized spacial score (nSPS) is 23.6. The van der Waals surface area contributed by atoms with Crippen molar-refractivity contribution in [2.24, 2.45) is 11.8 Å². The fraction of sp³-hybridized carbons (Fsp3) is 0.647. The van der Waals surface area contributed by atoms with Crippen LogP contribution in [0.1, 0.15) is 51.5 Å². The second-order valence-electron chi connectivity index (χ2n) is 6.44. The molecule has 0 aliphatic heterocycles. The zero-order chi connectivity index (χ0) is 13.8. The molecule has 0 spiro atoms. The molecule has 1 N–H and O–H groups in total. The second kappa shape index (κ2) is 6.65. The van der Waals surface area contributed by atoms with E-state index in [0.29, 0.717) is 6.04 Å². The van der Waals surface area contributed by atoms with Gasteiger partial charge in [-0.1, -0.05) is 50.4 Å². The van der Waals surface area contributed by atoms with Gasteiger partial charge in [-0.25, -0.2) is 0 Å². The van der Waals surface area contributed by atoms with Crippen LogP contribution in [0.4, 0.5) is 5.69 Å². The lowest BCUT2D eigenvalue weighted by atomic mass is 9.81. The van der Waals surface area contributed by atoms with E-state index in [4.69, 9.17) is 11.6 Å². The Morgan fingerprint density at radius 1 is 1.32 bits per heavy atom. The third kappa shape index (κ3) is 4.14. The molecule has 1 fully saturated rings. The zero-order valence-corrected chi connectivity index (χ0v) is 13.1. The van der Waals surface area contributed by atoms with E-state index in [1.807, 2.05) is 12.1 Å². The fourth-order valence-electron chi connectivity index (χ4n) is 3.32. The standard InChI is InChI=1S/C17H26ClN/c1-12(2)10-14-7-5-8-15(11-14)19-17-13(3)6-4-9-16(17)18/h4,6,9,12,14-15,19H,5,7-8,10-11H2,1-3H3. The van der Waals surface area contributed by atoms with Gasteiger partial charge in [0, 0.05) is 6.04 Å². The van der Waals surface area contributed by atoms with E-state index in [2.05, 4.69) is 32.2 Å². The van der Waals surface area contributed by atoms with Crippen molar-refractivity contribution in [1.82, 2.24) is 0 Å². The summed E-state index contributed by atoms with van der Waals surface area (Å²) in [5, 5.41) is 4.54. The quantitative estimate of drug-likeness (QED) is 0.749. The number of nitrogens with one attached hydrogen (secondary N) is 1. The van der Waals surface area contributed by atoms with Crippen LogP contribution in [-0.4, -0.2) is 6.04 Å². The minimum absolute atomic E-state index is 0.594. The van der Waals surface area contributed by atoms with Crippen LogP contribution in [0, 0.1) is 18.8 Å². The Bertz CT molecular complexity index is 393. The maximum absolute atomic E-state index is 6.31. The zero-order valence-electron chi connectivity index (χ0n) is 12.4. The number of hydrogen-bond acceptors (Lipinski definition) is 1. The molecule has 2 heteroatoms. The Balaban J connectivity index is 1.99. The van der Waals surface area contributed by atoms with Gasteiger partial charge in [-0.2, -0.15) is 0 Å². The number of aryl methyl sites for hydroxylation is 1. The summed E-state index contributed by atoms with van der Waals surface area (Å²) in [4.78, 5) is 0. The highest BCUT2D eigenvalue weighted by molar-refractivity contribution is 6.33. The van der Waals surface area contributed by atoms with Crippen molar-refractivity contribution in [3.05, 3.63) is 28.8 Å². The van der Waals surface area contributed by atoms with Crippen LogP contribution in [0.5, 0.6) is 0 Å². The van der Waals surface area contributed by atoms with Gasteiger partial charge in [-0.15, -0.1) is 0 Å². The van der Waals surface area contributed by atoms with Gasteiger partial charge >= 0.3 is 0 Å². The molecule has 19 heavy (non-hydrogen) atoms. The van der Waals surface area contributed by atoms with E-state index in [9.17, 15) is 0 Å². The topological polar surface area (TPSA) is 12.0 Å². The minimum atomic E-state index is 0.594. The maximum Gasteiger partial charge on any atom is 0.0640 e. The highest BCUT2D eigenvalue weighted by Gasteiger charge is 2.23. The average molecular weight is 280 g/mol. The predicted octanol–water partition coefficient (Wildman–Crippen LogP) is 5.67. The number of anilines is 1. The molecule has 2 rings (SSSR count). The van der Waals surface area contributed by atoms with Crippen LogP contribution >= 0.6 is 11.6 Å². The molecule has 1 nitrogen and oxygen atoms in total. The van der Waals surface area contributed by atoms with Crippen molar-refractivity contribution >= 4 is 17.3 Å². The van der Waals surface area contributed by atoms with Gasteiger partial charge in [0.2, 0.25) is 0 Å². The molecule has 0 aromatic heterocycles. The molecule has 1 aliphatic rings. The maximum atomic E-state index is 6.31. The molecule has 0 saturated heterocycles. The molecular formula is C17H26ClN. The number of rotatable bonds is 4. The summed E-state index contributed by atoms with van der Waals surface area (Å²) in [5.74, 6) is 1.69. The molecule has 0 heterocycles. The van der Waals surface area contributed by atoms with E-state index in [1.54, 1.807) is 0 Å². The largest absolute Gasteiger partial charge is 0.381 e. The van der Waals surface area contributed by atoms with E-state index in [-0.39, 0.29) is 0 Å². The molecule has 1 aliphatic carbocycles. The first kappa shape index (κ1) is 14.7. The Morgan fingerprint density at radius 3 is 2.79 bits per heavy atom. The Morgan fingerprint density at radius 2 is 2.11 bits per heavy atom. The van der Waals surface area contributed by atoms with Crippen molar-refractivity contribution < 1.29 is 0 Å². The van der Waals surface area contributed by atoms with Gasteiger partial charge < -0.3 is 5.32 Å². The summed E-state index contributed by atoms with van der Waals surface area (Å²) < 4.78 is 0. The van der Waals surface area contributed by atoms with Crippen molar-refractivity contribution in [2.45, 2.75) is 58.9 Å². The van der Waals surface area contributed by atoms with Crippen molar-refractivity contribution in [3.8, 4) is 0 Å². The summed E-state index contributed by atoms with van der Waals surface area (Å²) in [7, 11) is 0. The molecule has 0 bridgehead atoms. The van der Waals surface area contributed by atoms with Gasteiger partial charge in [0.25, 0.3) is 0 Å². The van der Waals surface area contributed by atoms with Crippen LogP contribution < -0.4 is 5.32 Å². The molecule has 0 radical (unpaired) electrons. The first-order chi connectivity index (χ1) is 9.06. The lowest BCUT2D eigenvalue weighted by Gasteiger charge is -2.32. The first-order valence-electron chi connectivity index (χ1n) is 7.58. The van der Waals surface area contributed by atoms with Gasteiger partial charge in [-0.05, 0) is 49.7 Å². The summed E-state index contributed by atoms with van der Waals surface area (Å²) >= 11 is 6.31. The second-order valence-corrected chi connectivity index (χ2v) is 6.84. The highest BCUT2D eigenvalue weighted by Crippen LogP contribution is 2.33. The van der Waals surface area contributed by atoms with Gasteiger partial charge in [0.05, 0.1) is 10.7 Å². The van der Waals surface area contributed by atoms with Crippen molar-refractivity contribution in [2.75, 3.05) is 5.32 Å². The van der Waals surface area contributed by atoms with E-state index < -0.39 is 0 Å². The van der Waals surface area contributed by atoms with Crippen LogP contribution in [0.2, 0.25) is 5.02 Å². The Hall–Kier alpha value is -0.690. The lowest BCUT2D eigenvalue weighted by Crippen LogP contribution is -2.28. The molecule has 0 amide bonds. The van der Waals surface area contributed by atoms with Gasteiger partial charge in [0.15, 0.2) is 0 Å². The number of halogens is 1. The molecule has 1 aromatic carbocycles. The summed E-state index contributed by atoms with van der Waals surface area (Å²) in [5.41, 5.74) is 2.39. The van der Waals surface area contributed by atoms with Gasteiger partial charge in [0.1, 0.15) is 0 Å². The molecule has 106 valence electrons. The minimum Gasteiger partial charge on any atom is -0.381 e. The molecular weight excluding hydrogens is 254 g/mol. The first-order valence-corrected chi connectivity index (χ1v) is 7.95. The van der Waals surface area contributed by atoms with Gasteiger partial charge in [-0.3, -0.25) is 0 Å². The monoisotopic (exact) mass is 279 g/mol. The van der Waals surface area contributed by atoms with E-state index >= 15 is 0 Å². The van der Waals surface area contributed by atoms with Crippen LogP contribution in [0.3, 0.4) is 0 Å². The SMILES string of the molecule is Cc1cccc(Cl)c1NC1CCCC(CC(C)C)C1. The Labute approximate surface area is 122 Å². The molecule has 1 aromatic rings. The van der Waals surface area contributed by atoms with Crippen LogP contribution in [0.25, 0.3) is 0 Å². The average Bonchev–Trinajstić information content (AvgIpc) is 2.34. The number of hydrogen-bond donors (Lipinski definition) is 1. The summed E-state index contributed by atoms with van der Waals surface area (Å²) in [6, 6.07) is 6.72. The third-order valence-corrected chi connectivity index (χ3v) is 4.47. The lowest BCUT2D eigenvalue weighted by molar-refractivity contribution is 0.289. The van der Waals surface area contributed by atoms with Crippen LogP contribution in [-0.2, 0) is 0 Å². The van der Waals surface area contributed by atoms with E-state index in [0.717, 1.165) is 22.5 Å². The number of benzene rings is 1. The molecule has 2 unspecified atom stereocenters. The summed E-state index contributed by atoms with van der Waals surface area (Å²) in [6.45, 7) is 6.78. The summed E-state index contributed by atoms with van der Waals surface area (Å²) in [6.07, 6.45) is 6.68.